The van der Waals surface area contributed by atoms with Crippen LogP contribution in [0.25, 0.3) is 0 Å². The monoisotopic (exact) mass is 303 g/mol. The Morgan fingerprint density at radius 1 is 1.14 bits per heavy atom. The highest BCUT2D eigenvalue weighted by molar-refractivity contribution is 6.30. The molecular formula is C18H22ClNO. The number of aryl methyl sites for hydroxylation is 1. The van der Waals surface area contributed by atoms with Crippen molar-refractivity contribution in [3.8, 4) is 5.75 Å². The fourth-order valence-corrected chi connectivity index (χ4v) is 2.42. The van der Waals surface area contributed by atoms with Gasteiger partial charge in [0.25, 0.3) is 0 Å². The van der Waals surface area contributed by atoms with Gasteiger partial charge in [-0.25, -0.2) is 0 Å². The first-order chi connectivity index (χ1) is 10.2. The van der Waals surface area contributed by atoms with Crippen molar-refractivity contribution in [3.63, 3.8) is 0 Å². The van der Waals surface area contributed by atoms with Crippen LogP contribution in [0.4, 0.5) is 0 Å². The van der Waals surface area contributed by atoms with Crippen LogP contribution in [0.2, 0.25) is 5.02 Å². The largest absolute Gasteiger partial charge is 0.497 e. The molecule has 1 N–H and O–H groups in total. The van der Waals surface area contributed by atoms with E-state index in [9.17, 15) is 0 Å². The van der Waals surface area contributed by atoms with Gasteiger partial charge in [-0.15, -0.1) is 0 Å². The van der Waals surface area contributed by atoms with Crippen molar-refractivity contribution in [3.05, 3.63) is 64.7 Å². The summed E-state index contributed by atoms with van der Waals surface area (Å²) in [5, 5.41) is 4.35. The molecular weight excluding hydrogens is 282 g/mol. The summed E-state index contributed by atoms with van der Waals surface area (Å²) < 4.78 is 5.26. The summed E-state index contributed by atoms with van der Waals surface area (Å²) in [6, 6.07) is 16.6. The van der Waals surface area contributed by atoms with Crippen LogP contribution >= 0.6 is 11.6 Å². The molecule has 1 atom stereocenters. The minimum atomic E-state index is 0.324. The minimum absolute atomic E-state index is 0.324. The molecule has 0 heterocycles. The molecule has 3 heteroatoms. The molecule has 0 spiro atoms. The predicted molar refractivity (Wildman–Crippen MR) is 89.2 cm³/mol. The van der Waals surface area contributed by atoms with Gasteiger partial charge in [0.1, 0.15) is 5.75 Å². The average Bonchev–Trinajstić information content (AvgIpc) is 2.53. The van der Waals surface area contributed by atoms with E-state index in [1.807, 2.05) is 24.3 Å². The molecule has 2 aromatic carbocycles. The van der Waals surface area contributed by atoms with E-state index in [2.05, 4.69) is 36.5 Å². The zero-order valence-corrected chi connectivity index (χ0v) is 13.4. The first-order valence-electron chi connectivity index (χ1n) is 7.31. The van der Waals surface area contributed by atoms with Crippen LogP contribution in [0.3, 0.4) is 0 Å². The van der Waals surface area contributed by atoms with Crippen molar-refractivity contribution < 1.29 is 4.74 Å². The summed E-state index contributed by atoms with van der Waals surface area (Å²) in [6.45, 7) is 3.16. The quantitative estimate of drug-likeness (QED) is 0.753. The van der Waals surface area contributed by atoms with E-state index < -0.39 is 0 Å². The molecule has 0 amide bonds. The molecule has 0 aromatic heterocycles. The van der Waals surface area contributed by atoms with Crippen LogP contribution in [0.1, 0.15) is 30.5 Å². The van der Waals surface area contributed by atoms with Crippen LogP contribution < -0.4 is 10.1 Å². The highest BCUT2D eigenvalue weighted by Gasteiger charge is 2.05. The topological polar surface area (TPSA) is 21.3 Å². The highest BCUT2D eigenvalue weighted by Crippen LogP contribution is 2.18. The van der Waals surface area contributed by atoms with Gasteiger partial charge in [0, 0.05) is 11.1 Å². The van der Waals surface area contributed by atoms with Crippen molar-refractivity contribution in [2.45, 2.75) is 25.8 Å². The fraction of sp³-hybridized carbons (Fsp3) is 0.333. The minimum Gasteiger partial charge on any atom is -0.497 e. The van der Waals surface area contributed by atoms with Crippen LogP contribution in [0, 0.1) is 0 Å². The van der Waals surface area contributed by atoms with Gasteiger partial charge < -0.3 is 10.1 Å². The van der Waals surface area contributed by atoms with Gasteiger partial charge >= 0.3 is 0 Å². The number of rotatable bonds is 7. The van der Waals surface area contributed by atoms with Crippen molar-refractivity contribution >= 4 is 11.6 Å². The SMILES string of the molecule is COc1cccc(C(C)NCCCc2ccc(Cl)cc2)c1. The molecule has 0 saturated carbocycles. The molecule has 2 rings (SSSR count). The smallest absolute Gasteiger partial charge is 0.119 e. The van der Waals surface area contributed by atoms with Gasteiger partial charge in [-0.1, -0.05) is 35.9 Å². The standard InChI is InChI=1S/C18H22ClNO/c1-14(16-6-3-7-18(13-16)21-2)20-12-4-5-15-8-10-17(19)11-9-15/h3,6-11,13-14,20H,4-5,12H2,1-2H3. The van der Waals surface area contributed by atoms with E-state index in [4.69, 9.17) is 16.3 Å². The predicted octanol–water partition coefficient (Wildman–Crippen LogP) is 4.63. The van der Waals surface area contributed by atoms with Crippen LogP contribution in [-0.2, 0) is 6.42 Å². The second kappa shape index (κ2) is 8.06. The van der Waals surface area contributed by atoms with Crippen LogP contribution in [0.15, 0.2) is 48.5 Å². The van der Waals surface area contributed by atoms with Crippen molar-refractivity contribution in [1.82, 2.24) is 5.32 Å². The maximum absolute atomic E-state index is 5.88. The second-order valence-corrected chi connectivity index (χ2v) is 5.62. The maximum Gasteiger partial charge on any atom is 0.119 e. The van der Waals surface area contributed by atoms with Crippen LogP contribution in [0.5, 0.6) is 5.75 Å². The summed E-state index contributed by atoms with van der Waals surface area (Å²) in [7, 11) is 1.70. The molecule has 1 unspecified atom stereocenters. The van der Waals surface area contributed by atoms with Crippen molar-refractivity contribution in [2.75, 3.05) is 13.7 Å². The van der Waals surface area contributed by atoms with E-state index in [1.165, 1.54) is 11.1 Å². The van der Waals surface area contributed by atoms with Crippen molar-refractivity contribution in [1.29, 1.82) is 0 Å². The van der Waals surface area contributed by atoms with E-state index in [-0.39, 0.29) is 0 Å². The maximum atomic E-state index is 5.88. The van der Waals surface area contributed by atoms with Gasteiger partial charge in [0.15, 0.2) is 0 Å². The van der Waals surface area contributed by atoms with Gasteiger partial charge in [-0.2, -0.15) is 0 Å². The molecule has 0 fully saturated rings. The first kappa shape index (κ1) is 15.9. The van der Waals surface area contributed by atoms with Gasteiger partial charge in [-0.3, -0.25) is 0 Å². The Morgan fingerprint density at radius 3 is 2.62 bits per heavy atom. The Kier molecular flexibility index (Phi) is 6.09. The third-order valence-corrected chi connectivity index (χ3v) is 3.85. The van der Waals surface area contributed by atoms with Gasteiger partial charge in [0.2, 0.25) is 0 Å². The Hall–Kier alpha value is -1.51. The zero-order chi connectivity index (χ0) is 15.1. The summed E-state index contributed by atoms with van der Waals surface area (Å²) in [6.07, 6.45) is 2.17. The van der Waals surface area contributed by atoms with E-state index >= 15 is 0 Å². The molecule has 112 valence electrons. The fourth-order valence-electron chi connectivity index (χ4n) is 2.29. The van der Waals surface area contributed by atoms with E-state index in [1.54, 1.807) is 7.11 Å². The Bertz CT molecular complexity index is 553. The lowest BCUT2D eigenvalue weighted by atomic mass is 10.1. The van der Waals surface area contributed by atoms with Crippen LogP contribution in [-0.4, -0.2) is 13.7 Å². The zero-order valence-electron chi connectivity index (χ0n) is 12.6. The number of hydrogen-bond donors (Lipinski definition) is 1. The van der Waals surface area contributed by atoms with Crippen molar-refractivity contribution in [2.24, 2.45) is 0 Å². The summed E-state index contributed by atoms with van der Waals surface area (Å²) >= 11 is 5.88. The highest BCUT2D eigenvalue weighted by atomic mass is 35.5. The Labute approximate surface area is 132 Å². The number of hydrogen-bond acceptors (Lipinski definition) is 2. The van der Waals surface area contributed by atoms with E-state index in [0.29, 0.717) is 6.04 Å². The lowest BCUT2D eigenvalue weighted by Crippen LogP contribution is -2.20. The summed E-state index contributed by atoms with van der Waals surface area (Å²) in [5.74, 6) is 0.905. The molecule has 0 radical (unpaired) electrons. The molecule has 0 bridgehead atoms. The van der Waals surface area contributed by atoms with Gasteiger partial charge in [0.05, 0.1) is 7.11 Å². The average molecular weight is 304 g/mol. The first-order valence-corrected chi connectivity index (χ1v) is 7.68. The summed E-state index contributed by atoms with van der Waals surface area (Å²) in [4.78, 5) is 0. The number of methoxy groups -OCH3 is 1. The lowest BCUT2D eigenvalue weighted by molar-refractivity contribution is 0.413. The molecule has 0 aliphatic heterocycles. The number of halogens is 1. The number of nitrogens with one attached hydrogen (secondary N) is 1. The third-order valence-electron chi connectivity index (χ3n) is 3.60. The Balaban J connectivity index is 1.76. The molecule has 0 saturated heterocycles. The molecule has 0 aliphatic rings. The normalized spacial score (nSPS) is 12.1. The molecule has 2 nitrogen and oxygen atoms in total. The lowest BCUT2D eigenvalue weighted by Gasteiger charge is -2.15. The number of ether oxygens (including phenoxy) is 1. The Morgan fingerprint density at radius 2 is 1.90 bits per heavy atom. The van der Waals surface area contributed by atoms with Gasteiger partial charge in [-0.05, 0) is 61.7 Å². The van der Waals surface area contributed by atoms with E-state index in [0.717, 1.165) is 30.2 Å². The number of benzene rings is 2. The molecule has 2 aromatic rings. The second-order valence-electron chi connectivity index (χ2n) is 5.18. The summed E-state index contributed by atoms with van der Waals surface area (Å²) in [5.41, 5.74) is 2.58. The third kappa shape index (κ3) is 5.07. The molecule has 21 heavy (non-hydrogen) atoms. The molecule has 0 aliphatic carbocycles.